The van der Waals surface area contributed by atoms with Crippen LogP contribution < -0.4 is 0 Å². The number of benzene rings is 1. The number of pyridine rings is 1. The lowest BCUT2D eigenvalue weighted by molar-refractivity contribution is -0.137. The van der Waals surface area contributed by atoms with Gasteiger partial charge < -0.3 is 4.90 Å². The van der Waals surface area contributed by atoms with Crippen LogP contribution in [0.1, 0.15) is 36.0 Å². The maximum Gasteiger partial charge on any atom is 0.239 e. The van der Waals surface area contributed by atoms with E-state index < -0.39 is 0 Å². The molecule has 3 rings (SSSR count). The highest BCUT2D eigenvalue weighted by Crippen LogP contribution is 2.21. The summed E-state index contributed by atoms with van der Waals surface area (Å²) in [4.78, 5) is 21.3. The SMILES string of the molecule is CN(Cc1cccc(C#N)c1)C(=O)[C@H]1CCCCN1Cc1cccnc1. The molecule has 0 aliphatic carbocycles. The van der Waals surface area contributed by atoms with Crippen molar-refractivity contribution in [2.24, 2.45) is 0 Å². The third-order valence-corrected chi connectivity index (χ3v) is 4.86. The Morgan fingerprint density at radius 2 is 2.15 bits per heavy atom. The Morgan fingerprint density at radius 1 is 1.31 bits per heavy atom. The van der Waals surface area contributed by atoms with Crippen molar-refractivity contribution in [3.63, 3.8) is 0 Å². The van der Waals surface area contributed by atoms with E-state index in [4.69, 9.17) is 5.26 Å². The van der Waals surface area contributed by atoms with Crippen molar-refractivity contribution < 1.29 is 4.79 Å². The van der Waals surface area contributed by atoms with Crippen LogP contribution in [0, 0.1) is 11.3 Å². The van der Waals surface area contributed by atoms with E-state index in [1.165, 1.54) is 0 Å². The predicted octanol–water partition coefficient (Wildman–Crippen LogP) is 2.97. The van der Waals surface area contributed by atoms with Crippen molar-refractivity contribution in [3.05, 3.63) is 65.5 Å². The molecule has 0 bridgehead atoms. The monoisotopic (exact) mass is 348 g/mol. The van der Waals surface area contributed by atoms with Gasteiger partial charge in [-0.1, -0.05) is 24.6 Å². The molecule has 2 heterocycles. The zero-order chi connectivity index (χ0) is 18.4. The van der Waals surface area contributed by atoms with Crippen molar-refractivity contribution in [3.8, 4) is 6.07 Å². The molecule has 1 aromatic carbocycles. The summed E-state index contributed by atoms with van der Waals surface area (Å²) in [5, 5.41) is 9.04. The van der Waals surface area contributed by atoms with Crippen LogP contribution in [-0.2, 0) is 17.9 Å². The maximum atomic E-state index is 13.1. The molecule has 1 aliphatic rings. The standard InChI is InChI=1S/C21H24N4O/c1-24(15-18-7-4-6-17(12-18)13-22)21(26)20-9-2-3-11-25(20)16-19-8-5-10-23-14-19/h4-8,10,12,14,20H,2-3,9,11,15-16H2,1H3/t20-/m1/s1. The molecule has 0 saturated carbocycles. The molecule has 0 N–H and O–H groups in total. The number of carbonyl (C=O) groups is 1. The summed E-state index contributed by atoms with van der Waals surface area (Å²) in [6.45, 7) is 2.21. The third-order valence-electron chi connectivity index (χ3n) is 4.86. The summed E-state index contributed by atoms with van der Waals surface area (Å²) in [6, 6.07) is 13.5. The van der Waals surface area contributed by atoms with Gasteiger partial charge in [0.15, 0.2) is 0 Å². The fourth-order valence-corrected chi connectivity index (χ4v) is 3.53. The summed E-state index contributed by atoms with van der Waals surface area (Å²) in [7, 11) is 1.85. The van der Waals surface area contributed by atoms with E-state index in [0.717, 1.165) is 43.5 Å². The summed E-state index contributed by atoms with van der Waals surface area (Å²) < 4.78 is 0. The number of nitrogens with zero attached hydrogens (tertiary/aromatic N) is 4. The van der Waals surface area contributed by atoms with Crippen LogP contribution in [0.2, 0.25) is 0 Å². The van der Waals surface area contributed by atoms with E-state index in [9.17, 15) is 4.79 Å². The lowest BCUT2D eigenvalue weighted by Crippen LogP contribution is -2.49. The van der Waals surface area contributed by atoms with E-state index in [0.29, 0.717) is 12.1 Å². The minimum Gasteiger partial charge on any atom is -0.340 e. The molecule has 1 aromatic heterocycles. The van der Waals surface area contributed by atoms with Crippen LogP contribution in [0.15, 0.2) is 48.8 Å². The van der Waals surface area contributed by atoms with E-state index in [-0.39, 0.29) is 11.9 Å². The zero-order valence-corrected chi connectivity index (χ0v) is 15.1. The van der Waals surface area contributed by atoms with Crippen LogP contribution in [-0.4, -0.2) is 40.3 Å². The second kappa shape index (κ2) is 8.59. The molecule has 1 fully saturated rings. The third kappa shape index (κ3) is 4.47. The van der Waals surface area contributed by atoms with Gasteiger partial charge in [-0.3, -0.25) is 14.7 Å². The van der Waals surface area contributed by atoms with Crippen LogP contribution in [0.5, 0.6) is 0 Å². The fourth-order valence-electron chi connectivity index (χ4n) is 3.53. The molecule has 5 nitrogen and oxygen atoms in total. The number of rotatable bonds is 5. The molecule has 134 valence electrons. The number of hydrogen-bond donors (Lipinski definition) is 0. The van der Waals surface area contributed by atoms with Crippen LogP contribution >= 0.6 is 0 Å². The first kappa shape index (κ1) is 18.1. The highest BCUT2D eigenvalue weighted by Gasteiger charge is 2.30. The summed E-state index contributed by atoms with van der Waals surface area (Å²) >= 11 is 0. The maximum absolute atomic E-state index is 13.1. The van der Waals surface area contributed by atoms with Gasteiger partial charge in [-0.2, -0.15) is 5.26 Å². The highest BCUT2D eigenvalue weighted by atomic mass is 16.2. The van der Waals surface area contributed by atoms with E-state index in [1.807, 2.05) is 37.5 Å². The first-order valence-corrected chi connectivity index (χ1v) is 9.04. The highest BCUT2D eigenvalue weighted by molar-refractivity contribution is 5.81. The van der Waals surface area contributed by atoms with Crippen LogP contribution in [0.25, 0.3) is 0 Å². The average Bonchev–Trinajstić information content (AvgIpc) is 2.69. The molecule has 26 heavy (non-hydrogen) atoms. The number of likely N-dealkylation sites (N-methyl/N-ethyl adjacent to an activating group) is 1. The Kier molecular flexibility index (Phi) is 5.98. The van der Waals surface area contributed by atoms with E-state index in [1.54, 1.807) is 17.2 Å². The van der Waals surface area contributed by atoms with Crippen molar-refractivity contribution >= 4 is 5.91 Å². The molecule has 1 amide bonds. The molecule has 1 saturated heterocycles. The second-order valence-electron chi connectivity index (χ2n) is 6.85. The predicted molar refractivity (Wildman–Crippen MR) is 99.9 cm³/mol. The number of carbonyl (C=O) groups excluding carboxylic acids is 1. The minimum atomic E-state index is -0.0897. The summed E-state index contributed by atoms with van der Waals surface area (Å²) in [5.74, 6) is 0.149. The van der Waals surface area contributed by atoms with Gasteiger partial charge in [-0.25, -0.2) is 0 Å². The number of amides is 1. The zero-order valence-electron chi connectivity index (χ0n) is 15.1. The van der Waals surface area contributed by atoms with Crippen molar-refractivity contribution in [1.29, 1.82) is 5.26 Å². The quantitative estimate of drug-likeness (QED) is 0.833. The summed E-state index contributed by atoms with van der Waals surface area (Å²) in [6.07, 6.45) is 6.73. The average molecular weight is 348 g/mol. The van der Waals surface area contributed by atoms with Gasteiger partial charge in [-0.05, 0) is 48.7 Å². The molecular weight excluding hydrogens is 324 g/mol. The molecule has 0 unspecified atom stereocenters. The molecule has 1 atom stereocenters. The Labute approximate surface area is 154 Å². The van der Waals surface area contributed by atoms with Gasteiger partial charge >= 0.3 is 0 Å². The molecule has 0 spiro atoms. The Morgan fingerprint density at radius 3 is 2.92 bits per heavy atom. The topological polar surface area (TPSA) is 60.2 Å². The second-order valence-corrected chi connectivity index (χ2v) is 6.85. The largest absolute Gasteiger partial charge is 0.340 e. The van der Waals surface area contributed by atoms with Gasteiger partial charge in [0.25, 0.3) is 0 Å². The normalized spacial score (nSPS) is 17.5. The van der Waals surface area contributed by atoms with Gasteiger partial charge in [0.1, 0.15) is 0 Å². The van der Waals surface area contributed by atoms with Crippen LogP contribution in [0.4, 0.5) is 0 Å². The minimum absolute atomic E-state index is 0.0897. The lowest BCUT2D eigenvalue weighted by Gasteiger charge is -2.36. The Balaban J connectivity index is 1.68. The van der Waals surface area contributed by atoms with E-state index in [2.05, 4.69) is 22.0 Å². The first-order valence-electron chi connectivity index (χ1n) is 9.04. The number of nitriles is 1. The van der Waals surface area contributed by atoms with Gasteiger partial charge in [0, 0.05) is 32.5 Å². The van der Waals surface area contributed by atoms with Gasteiger partial charge in [-0.15, -0.1) is 0 Å². The van der Waals surface area contributed by atoms with Gasteiger partial charge in [0.2, 0.25) is 5.91 Å². The number of piperidine rings is 1. The van der Waals surface area contributed by atoms with Crippen molar-refractivity contribution in [2.75, 3.05) is 13.6 Å². The number of likely N-dealkylation sites (tertiary alicyclic amines) is 1. The Bertz CT molecular complexity index is 784. The molecule has 2 aromatic rings. The Hall–Kier alpha value is -2.71. The summed E-state index contributed by atoms with van der Waals surface area (Å²) in [5.41, 5.74) is 2.74. The smallest absolute Gasteiger partial charge is 0.239 e. The van der Waals surface area contributed by atoms with Crippen molar-refractivity contribution in [2.45, 2.75) is 38.4 Å². The van der Waals surface area contributed by atoms with Crippen molar-refractivity contribution in [1.82, 2.24) is 14.8 Å². The lowest BCUT2D eigenvalue weighted by atomic mass is 10.00. The molecule has 1 aliphatic heterocycles. The molecular formula is C21H24N4O. The first-order chi connectivity index (χ1) is 12.7. The van der Waals surface area contributed by atoms with E-state index >= 15 is 0 Å². The number of aromatic nitrogens is 1. The fraction of sp³-hybridized carbons (Fsp3) is 0.381. The van der Waals surface area contributed by atoms with Crippen LogP contribution in [0.3, 0.4) is 0 Å². The number of hydrogen-bond acceptors (Lipinski definition) is 4. The van der Waals surface area contributed by atoms with Gasteiger partial charge in [0.05, 0.1) is 17.7 Å². The molecule has 0 radical (unpaired) electrons. The molecule has 5 heteroatoms.